The van der Waals surface area contributed by atoms with Gasteiger partial charge in [-0.15, -0.1) is 11.3 Å². The van der Waals surface area contributed by atoms with Crippen molar-refractivity contribution in [2.45, 2.75) is 6.61 Å². The lowest BCUT2D eigenvalue weighted by atomic mass is 10.1. The van der Waals surface area contributed by atoms with E-state index in [0.717, 1.165) is 15.2 Å². The molecule has 6 nitrogen and oxygen atoms in total. The van der Waals surface area contributed by atoms with Crippen molar-refractivity contribution in [2.75, 3.05) is 21.3 Å². The lowest BCUT2D eigenvalue weighted by Gasteiger charge is -2.12. The molecule has 0 unspecified atom stereocenters. The quantitative estimate of drug-likeness (QED) is 0.451. The summed E-state index contributed by atoms with van der Waals surface area (Å²) in [6.07, 6.45) is 2.96. The molecular weight excluding hydrogens is 366 g/mol. The second-order valence-electron chi connectivity index (χ2n) is 5.47. The maximum Gasteiger partial charge on any atom is 0.331 e. The number of ether oxygens (including phenoxy) is 4. The van der Waals surface area contributed by atoms with Gasteiger partial charge in [-0.3, -0.25) is 0 Å². The molecule has 1 aromatic heterocycles. The molecule has 0 radical (unpaired) electrons. The predicted octanol–water partition coefficient (Wildman–Crippen LogP) is 4.08. The first-order valence-corrected chi connectivity index (χ1v) is 8.95. The van der Waals surface area contributed by atoms with Gasteiger partial charge < -0.3 is 18.9 Å². The molecule has 0 fully saturated rings. The summed E-state index contributed by atoms with van der Waals surface area (Å²) in [5, 5.41) is 0.752. The van der Waals surface area contributed by atoms with Gasteiger partial charge in [-0.1, -0.05) is 12.1 Å². The molecule has 0 aliphatic heterocycles. The molecule has 3 rings (SSSR count). The number of fused-ring (bicyclic) bond motifs is 1. The summed E-state index contributed by atoms with van der Waals surface area (Å²) in [5.41, 5.74) is 1.58. The Labute approximate surface area is 161 Å². The van der Waals surface area contributed by atoms with Crippen molar-refractivity contribution in [1.82, 2.24) is 4.98 Å². The molecule has 140 valence electrons. The first-order chi connectivity index (χ1) is 13.1. The van der Waals surface area contributed by atoms with E-state index in [0.29, 0.717) is 22.8 Å². The number of nitrogens with zero attached hydrogens (tertiary/aromatic N) is 1. The topological polar surface area (TPSA) is 66.9 Å². The van der Waals surface area contributed by atoms with Gasteiger partial charge in [0.2, 0.25) is 0 Å². The normalized spacial score (nSPS) is 10.9. The van der Waals surface area contributed by atoms with Crippen LogP contribution in [0.15, 0.2) is 42.5 Å². The number of para-hydroxylation sites is 1. The summed E-state index contributed by atoms with van der Waals surface area (Å²) in [6.45, 7) is 0.131. The number of methoxy groups -OCH3 is 3. The molecule has 27 heavy (non-hydrogen) atoms. The fourth-order valence-corrected chi connectivity index (χ4v) is 3.38. The first-order valence-electron chi connectivity index (χ1n) is 8.14. The maximum atomic E-state index is 12.1. The van der Waals surface area contributed by atoms with E-state index >= 15 is 0 Å². The fourth-order valence-electron chi connectivity index (χ4n) is 2.50. The molecular formula is C20H19NO5S. The number of thiazole rings is 1. The molecule has 0 bridgehead atoms. The summed E-state index contributed by atoms with van der Waals surface area (Å²) in [6, 6.07) is 11.2. The maximum absolute atomic E-state index is 12.1. The number of esters is 1. The number of benzene rings is 2. The van der Waals surface area contributed by atoms with Crippen molar-refractivity contribution in [3.8, 4) is 17.2 Å². The van der Waals surface area contributed by atoms with Crippen LogP contribution in [0.1, 0.15) is 10.6 Å². The standard InChI is InChI=1S/C20H19NO5S/c1-23-15-11-17(25-3)16(24-2)10-13(15)8-9-20(22)26-12-19-21-14-6-4-5-7-18(14)27-19/h4-11H,12H2,1-3H3/b9-8+. The Bertz CT molecular complexity index is 947. The van der Waals surface area contributed by atoms with Gasteiger partial charge in [0.15, 0.2) is 11.5 Å². The van der Waals surface area contributed by atoms with E-state index < -0.39 is 5.97 Å². The van der Waals surface area contributed by atoms with Crippen molar-refractivity contribution >= 4 is 33.6 Å². The molecule has 1 heterocycles. The number of carbonyl (C=O) groups is 1. The fraction of sp³-hybridized carbons (Fsp3) is 0.200. The van der Waals surface area contributed by atoms with Crippen LogP contribution in [0.5, 0.6) is 17.2 Å². The van der Waals surface area contributed by atoms with Crippen LogP contribution in [0.25, 0.3) is 16.3 Å². The second kappa shape index (κ2) is 8.55. The minimum atomic E-state index is -0.467. The summed E-state index contributed by atoms with van der Waals surface area (Å²) in [4.78, 5) is 16.5. The van der Waals surface area contributed by atoms with E-state index in [1.54, 1.807) is 39.5 Å². The Balaban J connectivity index is 1.68. The third-order valence-corrected chi connectivity index (χ3v) is 4.82. The Morgan fingerprint density at radius 1 is 1.04 bits per heavy atom. The van der Waals surface area contributed by atoms with E-state index in [4.69, 9.17) is 18.9 Å². The first kappa shape index (κ1) is 18.7. The van der Waals surface area contributed by atoms with Gasteiger partial charge in [-0.05, 0) is 24.3 Å². The summed E-state index contributed by atoms with van der Waals surface area (Å²) >= 11 is 1.51. The number of aromatic nitrogens is 1. The van der Waals surface area contributed by atoms with Crippen molar-refractivity contribution in [3.05, 3.63) is 53.0 Å². The van der Waals surface area contributed by atoms with Crippen LogP contribution >= 0.6 is 11.3 Å². The zero-order valence-corrected chi connectivity index (χ0v) is 16.0. The van der Waals surface area contributed by atoms with Crippen molar-refractivity contribution in [2.24, 2.45) is 0 Å². The van der Waals surface area contributed by atoms with Crippen LogP contribution < -0.4 is 14.2 Å². The minimum Gasteiger partial charge on any atom is -0.496 e. The van der Waals surface area contributed by atoms with E-state index in [-0.39, 0.29) is 6.61 Å². The zero-order valence-electron chi connectivity index (χ0n) is 15.2. The lowest BCUT2D eigenvalue weighted by molar-refractivity contribution is -0.138. The second-order valence-corrected chi connectivity index (χ2v) is 6.58. The number of carbonyl (C=O) groups excluding carboxylic acids is 1. The van der Waals surface area contributed by atoms with Crippen LogP contribution in [0.4, 0.5) is 0 Å². The summed E-state index contributed by atoms with van der Waals surface area (Å²) in [5.74, 6) is 1.18. The van der Waals surface area contributed by atoms with Crippen LogP contribution in [-0.4, -0.2) is 32.3 Å². The summed E-state index contributed by atoms with van der Waals surface area (Å²) in [7, 11) is 4.64. The van der Waals surface area contributed by atoms with Gasteiger partial charge in [-0.25, -0.2) is 9.78 Å². The lowest BCUT2D eigenvalue weighted by Crippen LogP contribution is -2.00. The highest BCUT2D eigenvalue weighted by Crippen LogP contribution is 2.35. The van der Waals surface area contributed by atoms with Crippen LogP contribution in [0.3, 0.4) is 0 Å². The Morgan fingerprint density at radius 3 is 2.44 bits per heavy atom. The van der Waals surface area contributed by atoms with E-state index in [1.807, 2.05) is 24.3 Å². The van der Waals surface area contributed by atoms with Crippen molar-refractivity contribution in [3.63, 3.8) is 0 Å². The molecule has 2 aromatic carbocycles. The van der Waals surface area contributed by atoms with Crippen molar-refractivity contribution < 1.29 is 23.7 Å². The van der Waals surface area contributed by atoms with Crippen molar-refractivity contribution in [1.29, 1.82) is 0 Å². The summed E-state index contributed by atoms with van der Waals surface area (Å²) < 4.78 is 22.2. The highest BCUT2D eigenvalue weighted by Gasteiger charge is 2.11. The molecule has 0 amide bonds. The zero-order chi connectivity index (χ0) is 19.2. The molecule has 0 saturated carbocycles. The van der Waals surface area contributed by atoms with Gasteiger partial charge in [0.1, 0.15) is 17.4 Å². The van der Waals surface area contributed by atoms with Crippen LogP contribution in [0.2, 0.25) is 0 Å². The van der Waals surface area contributed by atoms with E-state index in [2.05, 4.69) is 4.98 Å². The minimum absolute atomic E-state index is 0.131. The van der Waals surface area contributed by atoms with Gasteiger partial charge in [0, 0.05) is 17.7 Å². The molecule has 0 aliphatic rings. The molecule has 0 aliphatic carbocycles. The number of hydrogen-bond acceptors (Lipinski definition) is 7. The third kappa shape index (κ3) is 4.38. The average molecular weight is 385 g/mol. The number of rotatable bonds is 7. The Hall–Kier alpha value is -3.06. The molecule has 0 N–H and O–H groups in total. The number of hydrogen-bond donors (Lipinski definition) is 0. The molecule has 0 atom stereocenters. The van der Waals surface area contributed by atoms with Gasteiger partial charge in [0.05, 0.1) is 31.5 Å². The van der Waals surface area contributed by atoms with Gasteiger partial charge in [-0.2, -0.15) is 0 Å². The highest BCUT2D eigenvalue weighted by atomic mass is 32.1. The monoisotopic (exact) mass is 385 g/mol. The highest BCUT2D eigenvalue weighted by molar-refractivity contribution is 7.18. The smallest absolute Gasteiger partial charge is 0.331 e. The predicted molar refractivity (Wildman–Crippen MR) is 105 cm³/mol. The van der Waals surface area contributed by atoms with Crippen LogP contribution in [-0.2, 0) is 16.1 Å². The Morgan fingerprint density at radius 2 is 1.74 bits per heavy atom. The third-order valence-electron chi connectivity index (χ3n) is 3.81. The van der Waals surface area contributed by atoms with Gasteiger partial charge >= 0.3 is 5.97 Å². The molecule has 7 heteroatoms. The van der Waals surface area contributed by atoms with Gasteiger partial charge in [0.25, 0.3) is 0 Å². The largest absolute Gasteiger partial charge is 0.496 e. The average Bonchev–Trinajstić information content (AvgIpc) is 3.12. The SMILES string of the molecule is COc1cc(OC)c(OC)cc1/C=C/C(=O)OCc1nc2ccccc2s1. The molecule has 0 spiro atoms. The molecule has 3 aromatic rings. The molecule has 0 saturated heterocycles. The van der Waals surface area contributed by atoms with E-state index in [9.17, 15) is 4.79 Å². The van der Waals surface area contributed by atoms with E-state index in [1.165, 1.54) is 17.4 Å². The van der Waals surface area contributed by atoms with Crippen LogP contribution in [0, 0.1) is 0 Å². The Kier molecular flexibility index (Phi) is 5.93.